The van der Waals surface area contributed by atoms with Gasteiger partial charge in [0.25, 0.3) is 15.9 Å². The lowest BCUT2D eigenvalue weighted by molar-refractivity contribution is -0.118. The molecule has 2 N–H and O–H groups in total. The average Bonchev–Trinajstić information content (AvgIpc) is 2.57. The summed E-state index contributed by atoms with van der Waals surface area (Å²) in [5.41, 5.74) is 2.87. The SMILES string of the molecule is COc1cc(C)c(NS(=O)(=O)c2cc3c(cc2C)OCC(=O)N3)c(C)c1. The number of hydrogen-bond acceptors (Lipinski definition) is 5. The number of carbonyl (C=O) groups is 1. The summed E-state index contributed by atoms with van der Waals surface area (Å²) in [5.74, 6) is 0.796. The molecular weight excluding hydrogens is 356 g/mol. The number of nitrogens with one attached hydrogen (secondary N) is 2. The van der Waals surface area contributed by atoms with E-state index < -0.39 is 10.0 Å². The number of methoxy groups -OCH3 is 1. The molecule has 1 aliphatic heterocycles. The third-order valence-electron chi connectivity index (χ3n) is 4.18. The normalized spacial score (nSPS) is 13.5. The van der Waals surface area contributed by atoms with Crippen molar-refractivity contribution in [3.63, 3.8) is 0 Å². The minimum absolute atomic E-state index is 0.0802. The first-order valence-corrected chi connectivity index (χ1v) is 9.45. The summed E-state index contributed by atoms with van der Waals surface area (Å²) in [6.45, 7) is 5.21. The molecule has 1 heterocycles. The van der Waals surface area contributed by atoms with E-state index in [1.54, 1.807) is 46.1 Å². The van der Waals surface area contributed by atoms with Crippen LogP contribution >= 0.6 is 0 Å². The fraction of sp³-hybridized carbons (Fsp3) is 0.278. The quantitative estimate of drug-likeness (QED) is 0.856. The Bertz CT molecular complexity index is 976. The monoisotopic (exact) mass is 376 g/mol. The van der Waals surface area contributed by atoms with Crippen molar-refractivity contribution < 1.29 is 22.7 Å². The highest BCUT2D eigenvalue weighted by molar-refractivity contribution is 7.92. The Hall–Kier alpha value is -2.74. The number of amides is 1. The van der Waals surface area contributed by atoms with Crippen molar-refractivity contribution in [3.8, 4) is 11.5 Å². The Morgan fingerprint density at radius 3 is 2.35 bits per heavy atom. The van der Waals surface area contributed by atoms with Gasteiger partial charge in [0.05, 0.1) is 23.4 Å². The van der Waals surface area contributed by atoms with Crippen LogP contribution in [0.3, 0.4) is 0 Å². The molecule has 8 heteroatoms. The van der Waals surface area contributed by atoms with E-state index >= 15 is 0 Å². The lowest BCUT2D eigenvalue weighted by Gasteiger charge is -2.21. The minimum Gasteiger partial charge on any atom is -0.497 e. The maximum atomic E-state index is 13.0. The molecule has 0 fully saturated rings. The van der Waals surface area contributed by atoms with Gasteiger partial charge in [-0.1, -0.05) is 0 Å². The molecule has 1 amide bonds. The van der Waals surface area contributed by atoms with Gasteiger partial charge in [-0.3, -0.25) is 9.52 Å². The van der Waals surface area contributed by atoms with Crippen molar-refractivity contribution in [2.45, 2.75) is 25.7 Å². The molecule has 3 rings (SSSR count). The lowest BCUT2D eigenvalue weighted by atomic mass is 10.1. The van der Waals surface area contributed by atoms with Crippen LogP contribution in [-0.2, 0) is 14.8 Å². The van der Waals surface area contributed by atoms with Crippen molar-refractivity contribution in [1.29, 1.82) is 0 Å². The number of ether oxygens (including phenoxy) is 2. The molecule has 0 saturated carbocycles. The van der Waals surface area contributed by atoms with Crippen LogP contribution in [-0.4, -0.2) is 28.0 Å². The molecule has 138 valence electrons. The van der Waals surface area contributed by atoms with E-state index in [2.05, 4.69) is 10.0 Å². The van der Waals surface area contributed by atoms with Gasteiger partial charge in [0.15, 0.2) is 6.61 Å². The predicted octanol–water partition coefficient (Wildman–Crippen LogP) is 2.75. The van der Waals surface area contributed by atoms with E-state index in [1.807, 2.05) is 0 Å². The summed E-state index contributed by atoms with van der Waals surface area (Å²) in [4.78, 5) is 11.6. The zero-order valence-electron chi connectivity index (χ0n) is 15.0. The molecular formula is C18H20N2O5S. The van der Waals surface area contributed by atoms with E-state index in [1.165, 1.54) is 6.07 Å². The third-order valence-corrected chi connectivity index (χ3v) is 5.67. The second-order valence-corrected chi connectivity index (χ2v) is 7.84. The van der Waals surface area contributed by atoms with Crippen molar-refractivity contribution in [1.82, 2.24) is 0 Å². The van der Waals surface area contributed by atoms with Gasteiger partial charge in [-0.05, 0) is 61.7 Å². The van der Waals surface area contributed by atoms with Gasteiger partial charge in [-0.15, -0.1) is 0 Å². The van der Waals surface area contributed by atoms with Crippen LogP contribution in [0.2, 0.25) is 0 Å². The zero-order chi connectivity index (χ0) is 19.1. The average molecular weight is 376 g/mol. The van der Waals surface area contributed by atoms with Gasteiger partial charge in [0.2, 0.25) is 0 Å². The van der Waals surface area contributed by atoms with Gasteiger partial charge in [-0.25, -0.2) is 8.42 Å². The highest BCUT2D eigenvalue weighted by Crippen LogP contribution is 2.34. The Morgan fingerprint density at radius 2 is 1.73 bits per heavy atom. The molecule has 0 aliphatic carbocycles. The molecule has 0 bridgehead atoms. The standard InChI is InChI=1S/C18H20N2O5S/c1-10-7-15-14(19-17(21)9-25-15)8-16(10)26(22,23)20-18-11(2)5-13(24-4)6-12(18)3/h5-8,20H,9H2,1-4H3,(H,19,21). The van der Waals surface area contributed by atoms with Crippen molar-refractivity contribution in [2.75, 3.05) is 23.8 Å². The van der Waals surface area contributed by atoms with E-state index in [0.29, 0.717) is 28.4 Å². The maximum absolute atomic E-state index is 13.0. The van der Waals surface area contributed by atoms with Crippen LogP contribution < -0.4 is 19.5 Å². The van der Waals surface area contributed by atoms with Crippen molar-refractivity contribution in [3.05, 3.63) is 41.0 Å². The summed E-state index contributed by atoms with van der Waals surface area (Å²) in [6, 6.07) is 6.55. The Morgan fingerprint density at radius 1 is 1.08 bits per heavy atom. The number of sulfonamides is 1. The van der Waals surface area contributed by atoms with Crippen LogP contribution in [0, 0.1) is 20.8 Å². The summed E-state index contributed by atoms with van der Waals surface area (Å²) < 4.78 is 39.1. The molecule has 0 atom stereocenters. The number of benzene rings is 2. The summed E-state index contributed by atoms with van der Waals surface area (Å²) in [7, 11) is -2.30. The number of fused-ring (bicyclic) bond motifs is 1. The number of hydrogen-bond donors (Lipinski definition) is 2. The highest BCUT2D eigenvalue weighted by Gasteiger charge is 2.24. The second-order valence-electron chi connectivity index (χ2n) is 6.19. The van der Waals surface area contributed by atoms with Crippen molar-refractivity contribution >= 4 is 27.3 Å². The molecule has 0 radical (unpaired) electrons. The van der Waals surface area contributed by atoms with E-state index in [-0.39, 0.29) is 17.4 Å². The first-order chi connectivity index (χ1) is 12.2. The number of rotatable bonds is 4. The summed E-state index contributed by atoms with van der Waals surface area (Å²) in [6.07, 6.45) is 0. The van der Waals surface area contributed by atoms with Crippen LogP contribution in [0.5, 0.6) is 11.5 Å². The van der Waals surface area contributed by atoms with Crippen LogP contribution in [0.15, 0.2) is 29.2 Å². The Kier molecular flexibility index (Phi) is 4.53. The van der Waals surface area contributed by atoms with Gasteiger partial charge in [0.1, 0.15) is 11.5 Å². The second kappa shape index (κ2) is 6.53. The van der Waals surface area contributed by atoms with Crippen LogP contribution in [0.25, 0.3) is 0 Å². The predicted molar refractivity (Wildman–Crippen MR) is 98.6 cm³/mol. The lowest BCUT2D eigenvalue weighted by Crippen LogP contribution is -2.26. The topological polar surface area (TPSA) is 93.7 Å². The summed E-state index contributed by atoms with van der Waals surface area (Å²) >= 11 is 0. The largest absolute Gasteiger partial charge is 0.497 e. The number of aryl methyl sites for hydroxylation is 3. The van der Waals surface area contributed by atoms with Crippen LogP contribution in [0.4, 0.5) is 11.4 Å². The first-order valence-electron chi connectivity index (χ1n) is 7.96. The molecule has 1 aliphatic rings. The summed E-state index contributed by atoms with van der Waals surface area (Å²) in [5, 5.41) is 2.63. The number of anilines is 2. The molecule has 26 heavy (non-hydrogen) atoms. The fourth-order valence-electron chi connectivity index (χ4n) is 2.89. The minimum atomic E-state index is -3.86. The highest BCUT2D eigenvalue weighted by atomic mass is 32.2. The number of carbonyl (C=O) groups excluding carboxylic acids is 1. The van der Waals surface area contributed by atoms with Gasteiger partial charge >= 0.3 is 0 Å². The Labute approximate surface area is 152 Å². The van der Waals surface area contributed by atoms with Crippen LogP contribution in [0.1, 0.15) is 16.7 Å². The van der Waals surface area contributed by atoms with Gasteiger partial charge in [-0.2, -0.15) is 0 Å². The molecule has 0 saturated heterocycles. The maximum Gasteiger partial charge on any atom is 0.262 e. The van der Waals surface area contributed by atoms with E-state index in [4.69, 9.17) is 9.47 Å². The first kappa shape index (κ1) is 18.1. The van der Waals surface area contributed by atoms with Gasteiger partial charge in [0, 0.05) is 0 Å². The third kappa shape index (κ3) is 3.32. The molecule has 7 nitrogen and oxygen atoms in total. The Balaban J connectivity index is 2.02. The molecule has 0 spiro atoms. The van der Waals surface area contributed by atoms with E-state index in [0.717, 1.165) is 11.1 Å². The van der Waals surface area contributed by atoms with Gasteiger partial charge < -0.3 is 14.8 Å². The molecule has 0 aromatic heterocycles. The van der Waals surface area contributed by atoms with Crippen molar-refractivity contribution in [2.24, 2.45) is 0 Å². The molecule has 2 aromatic rings. The molecule has 0 unspecified atom stereocenters. The molecule has 2 aromatic carbocycles. The fourth-order valence-corrected chi connectivity index (χ4v) is 4.35. The smallest absolute Gasteiger partial charge is 0.262 e. The van der Waals surface area contributed by atoms with E-state index in [9.17, 15) is 13.2 Å². The zero-order valence-corrected chi connectivity index (χ0v) is 15.8.